The van der Waals surface area contributed by atoms with E-state index >= 15 is 0 Å². The van der Waals surface area contributed by atoms with Crippen molar-refractivity contribution in [2.45, 2.75) is 0 Å². The highest BCUT2D eigenvalue weighted by molar-refractivity contribution is 6.14. The molecule has 55 heavy (non-hydrogen) atoms. The minimum absolute atomic E-state index is 0.880. The van der Waals surface area contributed by atoms with E-state index in [1.807, 2.05) is 24.3 Å². The molecule has 0 radical (unpaired) electrons. The van der Waals surface area contributed by atoms with Crippen LogP contribution in [0, 0.1) is 0 Å². The van der Waals surface area contributed by atoms with Crippen LogP contribution in [0.3, 0.4) is 0 Å². The molecule has 3 heteroatoms. The van der Waals surface area contributed by atoms with Gasteiger partial charge in [0.25, 0.3) is 0 Å². The Balaban J connectivity index is 1.05. The first-order chi connectivity index (χ1) is 27.2. The van der Waals surface area contributed by atoms with Crippen molar-refractivity contribution in [1.82, 2.24) is 0 Å². The van der Waals surface area contributed by atoms with Crippen LogP contribution >= 0.6 is 0 Å². The van der Waals surface area contributed by atoms with Crippen molar-refractivity contribution in [2.24, 2.45) is 0 Å². The summed E-state index contributed by atoms with van der Waals surface area (Å²) < 4.78 is 12.6. The van der Waals surface area contributed by atoms with Crippen molar-refractivity contribution in [2.75, 3.05) is 4.90 Å². The molecule has 0 aliphatic rings. The van der Waals surface area contributed by atoms with Crippen molar-refractivity contribution in [3.05, 3.63) is 200 Å². The molecule has 0 bridgehead atoms. The van der Waals surface area contributed by atoms with Crippen molar-refractivity contribution >= 4 is 71.7 Å². The summed E-state index contributed by atoms with van der Waals surface area (Å²) in [7, 11) is 0. The van der Waals surface area contributed by atoms with E-state index in [2.05, 4.69) is 181 Å². The number of furan rings is 2. The smallest absolute Gasteiger partial charge is 0.136 e. The van der Waals surface area contributed by atoms with Crippen molar-refractivity contribution in [1.29, 1.82) is 0 Å². The van der Waals surface area contributed by atoms with Gasteiger partial charge in [-0.05, 0) is 105 Å². The zero-order valence-electron chi connectivity index (χ0n) is 29.8. The predicted octanol–water partition coefficient (Wildman–Crippen LogP) is 15.1. The van der Waals surface area contributed by atoms with E-state index < -0.39 is 0 Å². The van der Waals surface area contributed by atoms with Crippen LogP contribution in [0.15, 0.2) is 209 Å². The second-order valence-electron chi connectivity index (χ2n) is 14.1. The highest BCUT2D eigenvalue weighted by Gasteiger charge is 2.20. The van der Waals surface area contributed by atoms with Gasteiger partial charge in [0.15, 0.2) is 0 Å². The summed E-state index contributed by atoms with van der Waals surface area (Å²) in [6.45, 7) is 0. The van der Waals surface area contributed by atoms with E-state index in [-0.39, 0.29) is 0 Å². The van der Waals surface area contributed by atoms with Crippen LogP contribution in [0.4, 0.5) is 17.1 Å². The normalized spacial score (nSPS) is 11.6. The van der Waals surface area contributed by atoms with Crippen LogP contribution in [-0.2, 0) is 0 Å². The maximum Gasteiger partial charge on any atom is 0.136 e. The van der Waals surface area contributed by atoms with E-state index in [9.17, 15) is 0 Å². The molecule has 0 fully saturated rings. The van der Waals surface area contributed by atoms with E-state index in [4.69, 9.17) is 8.83 Å². The number of rotatable bonds is 6. The highest BCUT2D eigenvalue weighted by atomic mass is 16.3. The maximum atomic E-state index is 6.34. The molecule has 0 saturated carbocycles. The second kappa shape index (κ2) is 12.6. The number of hydrogen-bond donors (Lipinski definition) is 0. The lowest BCUT2D eigenvalue weighted by atomic mass is 9.96. The van der Waals surface area contributed by atoms with Gasteiger partial charge >= 0.3 is 0 Å². The second-order valence-corrected chi connectivity index (χ2v) is 14.1. The summed E-state index contributed by atoms with van der Waals surface area (Å²) in [5, 5.41) is 6.98. The molecule has 3 nitrogen and oxygen atoms in total. The van der Waals surface area contributed by atoms with Gasteiger partial charge in [0.2, 0.25) is 0 Å². The van der Waals surface area contributed by atoms with E-state index in [1.165, 1.54) is 21.9 Å². The zero-order valence-corrected chi connectivity index (χ0v) is 29.8. The average molecular weight is 704 g/mol. The number of benzene rings is 9. The van der Waals surface area contributed by atoms with Gasteiger partial charge in [-0.1, -0.05) is 133 Å². The quantitative estimate of drug-likeness (QED) is 0.173. The summed E-state index contributed by atoms with van der Waals surface area (Å²) in [4.78, 5) is 2.37. The first kappa shape index (κ1) is 31.2. The topological polar surface area (TPSA) is 29.5 Å². The molecule has 0 aliphatic heterocycles. The van der Waals surface area contributed by atoms with E-state index in [0.717, 1.165) is 83.2 Å². The summed E-state index contributed by atoms with van der Waals surface area (Å²) in [5.74, 6) is 0. The molecule has 0 unspecified atom stereocenters. The lowest BCUT2D eigenvalue weighted by molar-refractivity contribution is 0.668. The Morgan fingerprint density at radius 1 is 0.309 bits per heavy atom. The lowest BCUT2D eigenvalue weighted by Crippen LogP contribution is -2.11. The number of hydrogen-bond acceptors (Lipinski definition) is 3. The van der Waals surface area contributed by atoms with Crippen molar-refractivity contribution in [3.8, 4) is 33.4 Å². The third-order valence-corrected chi connectivity index (χ3v) is 10.9. The molecule has 9 aromatic carbocycles. The molecule has 11 aromatic rings. The van der Waals surface area contributed by atoms with Gasteiger partial charge < -0.3 is 13.7 Å². The van der Waals surface area contributed by atoms with Crippen molar-refractivity contribution in [3.63, 3.8) is 0 Å². The van der Waals surface area contributed by atoms with Crippen LogP contribution in [0.2, 0.25) is 0 Å². The fourth-order valence-corrected chi connectivity index (χ4v) is 8.20. The van der Waals surface area contributed by atoms with Gasteiger partial charge in [-0.25, -0.2) is 0 Å². The summed E-state index contributed by atoms with van der Waals surface area (Å²) in [5.41, 5.74) is 13.6. The molecule has 0 aliphatic carbocycles. The van der Waals surface area contributed by atoms with E-state index in [0.29, 0.717) is 0 Å². The van der Waals surface area contributed by atoms with Crippen LogP contribution in [-0.4, -0.2) is 0 Å². The monoisotopic (exact) mass is 703 g/mol. The Bertz CT molecular complexity index is 3200. The Labute approximate surface area is 317 Å². The Kier molecular flexibility index (Phi) is 7.17. The third kappa shape index (κ3) is 5.28. The largest absolute Gasteiger partial charge is 0.456 e. The van der Waals surface area contributed by atoms with Gasteiger partial charge in [0.05, 0.1) is 5.69 Å². The summed E-state index contributed by atoms with van der Waals surface area (Å²) in [6.07, 6.45) is 0. The third-order valence-electron chi connectivity index (χ3n) is 10.9. The maximum absolute atomic E-state index is 6.34. The fraction of sp³-hybridized carbons (Fsp3) is 0. The molecule has 11 rings (SSSR count). The molecular weight excluding hydrogens is 671 g/mol. The van der Waals surface area contributed by atoms with Gasteiger partial charge in [0, 0.05) is 38.5 Å². The van der Waals surface area contributed by atoms with E-state index in [1.54, 1.807) is 0 Å². The molecule has 0 amide bonds. The van der Waals surface area contributed by atoms with Gasteiger partial charge in [-0.2, -0.15) is 0 Å². The first-order valence-electron chi connectivity index (χ1n) is 18.7. The number of fused-ring (bicyclic) bond motifs is 7. The standard InChI is InChI=1S/C52H33NO2/c1-2-11-37-32-38(21-20-34(37)10-1)35-22-27-40(28-23-35)53(41-29-24-36(25-30-41)39-26-31-44-43-13-4-7-17-48(43)55-51(44)33-39)47-16-6-3-12-42(47)45-15-9-19-50-52(45)46-14-5-8-18-49(46)54-50/h1-33H. The molecule has 2 heterocycles. The number of anilines is 3. The number of nitrogens with zero attached hydrogens (tertiary/aromatic N) is 1. The van der Waals surface area contributed by atoms with Gasteiger partial charge in [-0.15, -0.1) is 0 Å². The first-order valence-corrected chi connectivity index (χ1v) is 18.7. The molecule has 2 aromatic heterocycles. The predicted molar refractivity (Wildman–Crippen MR) is 229 cm³/mol. The molecule has 258 valence electrons. The summed E-state index contributed by atoms with van der Waals surface area (Å²) in [6, 6.07) is 71.1. The lowest BCUT2D eigenvalue weighted by Gasteiger charge is -2.28. The van der Waals surface area contributed by atoms with Gasteiger partial charge in [-0.3, -0.25) is 0 Å². The van der Waals surface area contributed by atoms with Crippen LogP contribution in [0.1, 0.15) is 0 Å². The molecule has 0 saturated heterocycles. The minimum Gasteiger partial charge on any atom is -0.456 e. The van der Waals surface area contributed by atoms with Gasteiger partial charge in [0.1, 0.15) is 22.3 Å². The minimum atomic E-state index is 0.880. The molecule has 0 N–H and O–H groups in total. The summed E-state index contributed by atoms with van der Waals surface area (Å²) >= 11 is 0. The SMILES string of the molecule is c1ccc(N(c2ccc(-c3ccc4ccccc4c3)cc2)c2ccc(-c3ccc4c(c3)oc3ccccc34)cc2)c(-c2cccc3oc4ccccc4c23)c1. The Morgan fingerprint density at radius 2 is 0.836 bits per heavy atom. The Morgan fingerprint density at radius 3 is 1.62 bits per heavy atom. The average Bonchev–Trinajstić information content (AvgIpc) is 3.83. The fourth-order valence-electron chi connectivity index (χ4n) is 8.20. The molecule has 0 spiro atoms. The molecular formula is C52H33NO2. The number of para-hydroxylation sites is 3. The molecule has 0 atom stereocenters. The van der Waals surface area contributed by atoms with Crippen LogP contribution in [0.25, 0.3) is 88.0 Å². The Hall–Kier alpha value is -7.36. The van der Waals surface area contributed by atoms with Crippen molar-refractivity contribution < 1.29 is 8.83 Å². The zero-order chi connectivity index (χ0) is 36.3. The van der Waals surface area contributed by atoms with Crippen LogP contribution in [0.5, 0.6) is 0 Å². The van der Waals surface area contributed by atoms with Crippen LogP contribution < -0.4 is 4.90 Å². The highest BCUT2D eigenvalue weighted by Crippen LogP contribution is 2.45.